The Hall–Kier alpha value is -2.52. The molecule has 8 nitrogen and oxygen atoms in total. The number of nitrogens with zero attached hydrogens (tertiary/aromatic N) is 3. The van der Waals surface area contributed by atoms with Crippen molar-refractivity contribution in [2.45, 2.75) is 38.0 Å². The minimum absolute atomic E-state index is 0.151. The lowest BCUT2D eigenvalue weighted by molar-refractivity contribution is 0.161. The number of thiazole rings is 1. The molecule has 0 saturated heterocycles. The van der Waals surface area contributed by atoms with Gasteiger partial charge >= 0.3 is 0 Å². The largest absolute Gasteiger partial charge is 0.385 e. The number of benzene rings is 2. The van der Waals surface area contributed by atoms with Gasteiger partial charge in [0.1, 0.15) is 5.69 Å². The number of halogens is 1. The molecule has 36 heavy (non-hydrogen) atoms. The number of nitriles is 1. The molecule has 11 heteroatoms. The van der Waals surface area contributed by atoms with Gasteiger partial charge in [-0.05, 0) is 67.1 Å². The second-order valence-corrected chi connectivity index (χ2v) is 11.9. The van der Waals surface area contributed by atoms with Gasteiger partial charge in [0.2, 0.25) is 10.0 Å². The topological polar surface area (TPSA) is 116 Å². The standard InChI is InChI=1S/C25H27ClN4O4S2/c1-34-13-2-14-36(32,33)29-24(31)22-23(19-7-8-19)35-25(28-22)30(16-18-3-9-20(26)10-4-18)21-11-5-17(15-27)6-12-21/h3-6,9-12,19,24,29,31H,2,7-8,13-14,16H2,1H3. The fourth-order valence-electron chi connectivity index (χ4n) is 3.72. The highest BCUT2D eigenvalue weighted by molar-refractivity contribution is 7.89. The van der Waals surface area contributed by atoms with Crippen molar-refractivity contribution < 1.29 is 18.3 Å². The summed E-state index contributed by atoms with van der Waals surface area (Å²) in [7, 11) is -2.21. The van der Waals surface area contributed by atoms with Gasteiger partial charge in [0.05, 0.1) is 23.9 Å². The Morgan fingerprint density at radius 2 is 1.94 bits per heavy atom. The smallest absolute Gasteiger partial charge is 0.214 e. The van der Waals surface area contributed by atoms with E-state index in [9.17, 15) is 18.8 Å². The van der Waals surface area contributed by atoms with E-state index >= 15 is 0 Å². The Morgan fingerprint density at radius 3 is 2.56 bits per heavy atom. The third-order valence-electron chi connectivity index (χ3n) is 5.72. The third kappa shape index (κ3) is 6.82. The molecular weight excluding hydrogens is 520 g/mol. The van der Waals surface area contributed by atoms with E-state index in [0.717, 1.165) is 29.0 Å². The number of rotatable bonds is 12. The van der Waals surface area contributed by atoms with E-state index in [1.54, 1.807) is 12.1 Å². The van der Waals surface area contributed by atoms with Crippen LogP contribution in [0.1, 0.15) is 53.1 Å². The van der Waals surface area contributed by atoms with Crippen molar-refractivity contribution >= 4 is 43.8 Å². The van der Waals surface area contributed by atoms with Crippen LogP contribution in [0, 0.1) is 11.3 Å². The SMILES string of the molecule is COCCCS(=O)(=O)NC(O)c1nc(N(Cc2ccc(Cl)cc2)c2ccc(C#N)cc2)sc1C1CC1. The van der Waals surface area contributed by atoms with E-state index in [0.29, 0.717) is 41.0 Å². The van der Waals surface area contributed by atoms with Crippen LogP contribution in [-0.4, -0.2) is 38.0 Å². The molecule has 1 aliphatic carbocycles. The Balaban J connectivity index is 1.66. The molecule has 2 aromatic carbocycles. The van der Waals surface area contributed by atoms with E-state index < -0.39 is 16.3 Å². The fraction of sp³-hybridized carbons (Fsp3) is 0.360. The van der Waals surface area contributed by atoms with Crippen LogP contribution >= 0.6 is 22.9 Å². The second kappa shape index (κ2) is 11.7. The minimum atomic E-state index is -3.72. The number of hydrogen-bond donors (Lipinski definition) is 2. The second-order valence-electron chi connectivity index (χ2n) is 8.58. The van der Waals surface area contributed by atoms with Gasteiger partial charge in [0, 0.05) is 29.3 Å². The molecule has 0 aliphatic heterocycles. The van der Waals surface area contributed by atoms with Gasteiger partial charge in [0.15, 0.2) is 11.4 Å². The Bertz CT molecular complexity index is 1320. The molecule has 0 spiro atoms. The zero-order valence-corrected chi connectivity index (χ0v) is 22.1. The number of ether oxygens (including phenoxy) is 1. The minimum Gasteiger partial charge on any atom is -0.385 e. The van der Waals surface area contributed by atoms with Gasteiger partial charge in [-0.2, -0.15) is 9.98 Å². The summed E-state index contributed by atoms with van der Waals surface area (Å²) in [6.45, 7) is 0.786. The average Bonchev–Trinajstić information content (AvgIpc) is 3.61. The molecule has 4 rings (SSSR count). The summed E-state index contributed by atoms with van der Waals surface area (Å²) in [4.78, 5) is 7.61. The van der Waals surface area contributed by atoms with Crippen LogP contribution in [0.3, 0.4) is 0 Å². The van der Waals surface area contributed by atoms with E-state index in [1.165, 1.54) is 18.4 Å². The van der Waals surface area contributed by atoms with Crippen LogP contribution in [0.25, 0.3) is 0 Å². The van der Waals surface area contributed by atoms with Gasteiger partial charge in [-0.1, -0.05) is 23.7 Å². The van der Waals surface area contributed by atoms with Crippen LogP contribution in [0.5, 0.6) is 0 Å². The summed E-state index contributed by atoms with van der Waals surface area (Å²) in [6.07, 6.45) is 0.812. The highest BCUT2D eigenvalue weighted by Gasteiger charge is 2.34. The first kappa shape index (κ1) is 26.5. The van der Waals surface area contributed by atoms with E-state index in [2.05, 4.69) is 10.8 Å². The summed E-state index contributed by atoms with van der Waals surface area (Å²) in [5.74, 6) is 0.0962. The number of methoxy groups -OCH3 is 1. The van der Waals surface area contributed by atoms with Crippen molar-refractivity contribution in [3.05, 3.63) is 75.3 Å². The van der Waals surface area contributed by atoms with Gasteiger partial charge < -0.3 is 14.7 Å². The van der Waals surface area contributed by atoms with Crippen molar-refractivity contribution in [3.8, 4) is 6.07 Å². The van der Waals surface area contributed by atoms with Crippen molar-refractivity contribution in [1.82, 2.24) is 9.71 Å². The monoisotopic (exact) mass is 546 g/mol. The van der Waals surface area contributed by atoms with Gasteiger partial charge in [0.25, 0.3) is 0 Å². The van der Waals surface area contributed by atoms with E-state index in [1.807, 2.05) is 41.3 Å². The molecule has 1 aliphatic rings. The Labute approximate surface area is 220 Å². The predicted molar refractivity (Wildman–Crippen MR) is 141 cm³/mol. The van der Waals surface area contributed by atoms with Gasteiger partial charge in [-0.15, -0.1) is 11.3 Å². The lowest BCUT2D eigenvalue weighted by Gasteiger charge is -2.22. The zero-order chi connectivity index (χ0) is 25.7. The molecule has 1 fully saturated rings. The van der Waals surface area contributed by atoms with Crippen LogP contribution in [-0.2, 0) is 21.3 Å². The van der Waals surface area contributed by atoms with Crippen LogP contribution in [0.4, 0.5) is 10.8 Å². The molecule has 1 heterocycles. The molecule has 1 saturated carbocycles. The van der Waals surface area contributed by atoms with Crippen LogP contribution in [0.15, 0.2) is 48.5 Å². The maximum atomic E-state index is 12.5. The van der Waals surface area contributed by atoms with Gasteiger partial charge in [-0.25, -0.2) is 13.4 Å². The molecule has 190 valence electrons. The number of aliphatic hydroxyl groups is 1. The fourth-order valence-corrected chi connectivity index (χ4v) is 6.20. The number of hydrogen-bond acceptors (Lipinski definition) is 8. The van der Waals surface area contributed by atoms with Crippen molar-refractivity contribution in [3.63, 3.8) is 0 Å². The molecule has 3 aromatic rings. The normalized spacial score (nSPS) is 14.4. The van der Waals surface area contributed by atoms with Crippen LogP contribution < -0.4 is 9.62 Å². The molecule has 1 atom stereocenters. The highest BCUT2D eigenvalue weighted by atomic mass is 35.5. The van der Waals surface area contributed by atoms with Crippen LogP contribution in [0.2, 0.25) is 5.02 Å². The number of nitrogens with one attached hydrogen (secondary N) is 1. The van der Waals surface area contributed by atoms with Gasteiger partial charge in [-0.3, -0.25) is 0 Å². The first-order valence-electron chi connectivity index (χ1n) is 11.5. The Morgan fingerprint density at radius 1 is 1.25 bits per heavy atom. The molecule has 0 amide bonds. The molecule has 2 N–H and O–H groups in total. The lowest BCUT2D eigenvalue weighted by atomic mass is 10.2. The third-order valence-corrected chi connectivity index (χ3v) is 8.64. The van der Waals surface area contributed by atoms with Crippen molar-refractivity contribution in [1.29, 1.82) is 5.26 Å². The van der Waals surface area contributed by atoms with E-state index in [4.69, 9.17) is 21.3 Å². The molecule has 0 radical (unpaired) electrons. The quantitative estimate of drug-likeness (QED) is 0.247. The number of aliphatic hydroxyl groups excluding tert-OH is 1. The zero-order valence-electron chi connectivity index (χ0n) is 19.7. The number of anilines is 2. The summed E-state index contributed by atoms with van der Waals surface area (Å²) in [6, 6.07) is 16.8. The summed E-state index contributed by atoms with van der Waals surface area (Å²) in [5, 5.41) is 21.3. The molecular formula is C25H27ClN4O4S2. The molecule has 1 unspecified atom stereocenters. The number of aromatic nitrogens is 1. The average molecular weight is 547 g/mol. The summed E-state index contributed by atoms with van der Waals surface area (Å²) in [5.41, 5.74) is 2.69. The Kier molecular flexibility index (Phi) is 8.62. The van der Waals surface area contributed by atoms with Crippen molar-refractivity contribution in [2.75, 3.05) is 24.4 Å². The van der Waals surface area contributed by atoms with E-state index in [-0.39, 0.29) is 11.7 Å². The van der Waals surface area contributed by atoms with Crippen molar-refractivity contribution in [2.24, 2.45) is 0 Å². The molecule has 0 bridgehead atoms. The predicted octanol–water partition coefficient (Wildman–Crippen LogP) is 4.83. The summed E-state index contributed by atoms with van der Waals surface area (Å²) >= 11 is 7.51. The molecule has 1 aromatic heterocycles. The maximum absolute atomic E-state index is 12.5. The first-order valence-corrected chi connectivity index (χ1v) is 14.3. The number of sulfonamides is 1. The maximum Gasteiger partial charge on any atom is 0.214 e. The highest BCUT2D eigenvalue weighted by Crippen LogP contribution is 2.48. The summed E-state index contributed by atoms with van der Waals surface area (Å²) < 4.78 is 32.3. The lowest BCUT2D eigenvalue weighted by Crippen LogP contribution is -2.31. The first-order chi connectivity index (χ1) is 17.3.